The van der Waals surface area contributed by atoms with Gasteiger partial charge in [0.1, 0.15) is 6.54 Å². The highest BCUT2D eigenvalue weighted by molar-refractivity contribution is 14.1. The summed E-state index contributed by atoms with van der Waals surface area (Å²) in [5, 5.41) is 2.78. The molecule has 0 saturated heterocycles. The second-order valence-electron chi connectivity index (χ2n) is 4.21. The van der Waals surface area contributed by atoms with Gasteiger partial charge >= 0.3 is 0 Å². The summed E-state index contributed by atoms with van der Waals surface area (Å²) in [6.07, 6.45) is 3.80. The van der Waals surface area contributed by atoms with E-state index in [0.29, 0.717) is 16.0 Å². The average molecular weight is 349 g/mol. The summed E-state index contributed by atoms with van der Waals surface area (Å²) in [4.78, 5) is 27.1. The molecule has 1 amide bonds. The zero-order chi connectivity index (χ0) is 12.8. The quantitative estimate of drug-likeness (QED) is 0.807. The van der Waals surface area contributed by atoms with Crippen LogP contribution >= 0.6 is 22.6 Å². The Balaban J connectivity index is 2.51. The van der Waals surface area contributed by atoms with Gasteiger partial charge in [-0.05, 0) is 34.9 Å². The highest BCUT2D eigenvalue weighted by atomic mass is 127. The minimum atomic E-state index is -0.181. The van der Waals surface area contributed by atoms with Crippen molar-refractivity contribution in [2.24, 2.45) is 5.92 Å². The number of halogens is 1. The van der Waals surface area contributed by atoms with Gasteiger partial charge < -0.3 is 5.32 Å². The summed E-state index contributed by atoms with van der Waals surface area (Å²) in [7, 11) is 0. The molecule has 0 aromatic carbocycles. The Kier molecular flexibility index (Phi) is 5.60. The Morgan fingerprint density at radius 2 is 2.29 bits per heavy atom. The molecule has 1 rings (SSSR count). The van der Waals surface area contributed by atoms with Gasteiger partial charge in [-0.15, -0.1) is 0 Å². The molecule has 0 saturated carbocycles. The first-order valence-electron chi connectivity index (χ1n) is 5.47. The van der Waals surface area contributed by atoms with Crippen LogP contribution in [0.2, 0.25) is 0 Å². The molecule has 0 spiro atoms. The second-order valence-corrected chi connectivity index (χ2v) is 5.37. The third kappa shape index (κ3) is 4.84. The summed E-state index contributed by atoms with van der Waals surface area (Å²) in [5.41, 5.74) is -0.181. The molecule has 1 heterocycles. The number of rotatable bonds is 5. The maximum atomic E-state index is 11.6. The van der Waals surface area contributed by atoms with Crippen LogP contribution in [0.4, 0.5) is 0 Å². The lowest BCUT2D eigenvalue weighted by Crippen LogP contribution is -2.33. The number of carbonyl (C=O) groups excluding carboxylic acids is 1. The molecule has 1 aromatic rings. The molecular formula is C11H16IN3O2. The number of hydrogen-bond donors (Lipinski definition) is 1. The number of nitrogens with one attached hydrogen (secondary N) is 1. The van der Waals surface area contributed by atoms with E-state index in [9.17, 15) is 9.59 Å². The van der Waals surface area contributed by atoms with E-state index < -0.39 is 0 Å². The first kappa shape index (κ1) is 14.1. The summed E-state index contributed by atoms with van der Waals surface area (Å²) < 4.78 is 1.83. The summed E-state index contributed by atoms with van der Waals surface area (Å²) in [6, 6.07) is 0. The van der Waals surface area contributed by atoms with Crippen LogP contribution in [0, 0.1) is 9.49 Å². The van der Waals surface area contributed by atoms with Crippen molar-refractivity contribution in [1.82, 2.24) is 14.9 Å². The first-order chi connectivity index (χ1) is 8.00. The van der Waals surface area contributed by atoms with Gasteiger partial charge in [-0.25, -0.2) is 4.98 Å². The normalized spacial score (nSPS) is 10.6. The van der Waals surface area contributed by atoms with E-state index in [1.54, 1.807) is 0 Å². The second kappa shape index (κ2) is 6.73. The molecule has 17 heavy (non-hydrogen) atoms. The molecule has 5 nitrogen and oxygen atoms in total. The molecule has 0 aliphatic carbocycles. The lowest BCUT2D eigenvalue weighted by Gasteiger charge is -2.08. The topological polar surface area (TPSA) is 64.0 Å². The van der Waals surface area contributed by atoms with Crippen LogP contribution in [-0.2, 0) is 11.3 Å². The zero-order valence-electron chi connectivity index (χ0n) is 9.94. The molecular weight excluding hydrogens is 333 g/mol. The van der Waals surface area contributed by atoms with Crippen molar-refractivity contribution in [3.63, 3.8) is 0 Å². The minimum Gasteiger partial charge on any atom is -0.355 e. The zero-order valence-corrected chi connectivity index (χ0v) is 12.1. The molecule has 94 valence electrons. The summed E-state index contributed by atoms with van der Waals surface area (Å²) in [6.45, 7) is 4.86. The molecule has 0 aliphatic heterocycles. The highest BCUT2D eigenvalue weighted by Crippen LogP contribution is 1.96. The Morgan fingerprint density at radius 3 is 2.94 bits per heavy atom. The standard InChI is InChI=1S/C11H16IN3O2/c1-8(2)3-4-14-10(16)6-15-7-13-5-9(12)11(15)17/h5,7-8H,3-4,6H2,1-2H3,(H,14,16). The SMILES string of the molecule is CC(C)CCNC(=O)Cn1cncc(I)c1=O. The van der Waals surface area contributed by atoms with Crippen LogP contribution < -0.4 is 10.9 Å². The molecule has 0 bridgehead atoms. The molecule has 0 atom stereocenters. The minimum absolute atomic E-state index is 0.0285. The van der Waals surface area contributed by atoms with E-state index in [4.69, 9.17) is 0 Å². The fraction of sp³-hybridized carbons (Fsp3) is 0.545. The van der Waals surface area contributed by atoms with E-state index in [1.807, 2.05) is 22.6 Å². The van der Waals surface area contributed by atoms with Crippen LogP contribution in [-0.4, -0.2) is 22.0 Å². The van der Waals surface area contributed by atoms with Gasteiger partial charge in [-0.3, -0.25) is 14.2 Å². The predicted octanol–water partition coefficient (Wildman–Crippen LogP) is 1.01. The number of hydrogen-bond acceptors (Lipinski definition) is 3. The van der Waals surface area contributed by atoms with Gasteiger partial charge in [0.25, 0.3) is 5.56 Å². The van der Waals surface area contributed by atoms with Crippen LogP contribution in [0.1, 0.15) is 20.3 Å². The number of aromatic nitrogens is 2. The fourth-order valence-corrected chi connectivity index (χ4v) is 1.72. The van der Waals surface area contributed by atoms with Crippen molar-refractivity contribution in [2.45, 2.75) is 26.8 Å². The van der Waals surface area contributed by atoms with Crippen molar-refractivity contribution >= 4 is 28.5 Å². The van der Waals surface area contributed by atoms with Crippen molar-refractivity contribution in [3.05, 3.63) is 26.4 Å². The average Bonchev–Trinajstić information content (AvgIpc) is 2.24. The van der Waals surface area contributed by atoms with Crippen molar-refractivity contribution < 1.29 is 4.79 Å². The van der Waals surface area contributed by atoms with Gasteiger partial charge in [0.15, 0.2) is 0 Å². The molecule has 0 unspecified atom stereocenters. The van der Waals surface area contributed by atoms with Gasteiger partial charge in [0.2, 0.25) is 5.91 Å². The predicted molar refractivity (Wildman–Crippen MR) is 73.7 cm³/mol. The Morgan fingerprint density at radius 1 is 1.59 bits per heavy atom. The Hall–Kier alpha value is -0.920. The van der Waals surface area contributed by atoms with E-state index in [-0.39, 0.29) is 18.0 Å². The maximum absolute atomic E-state index is 11.6. The molecule has 6 heteroatoms. The van der Waals surface area contributed by atoms with Crippen LogP contribution in [0.3, 0.4) is 0 Å². The monoisotopic (exact) mass is 349 g/mol. The Bertz CT molecular complexity index is 443. The summed E-state index contributed by atoms with van der Waals surface area (Å²) >= 11 is 1.91. The van der Waals surface area contributed by atoms with Gasteiger partial charge in [0.05, 0.1) is 9.90 Å². The van der Waals surface area contributed by atoms with E-state index in [0.717, 1.165) is 6.42 Å². The molecule has 0 fully saturated rings. The fourth-order valence-electron chi connectivity index (χ4n) is 1.25. The number of nitrogens with zero attached hydrogens (tertiary/aromatic N) is 2. The molecule has 0 aliphatic rings. The smallest absolute Gasteiger partial charge is 0.267 e. The van der Waals surface area contributed by atoms with Crippen LogP contribution in [0.25, 0.3) is 0 Å². The van der Waals surface area contributed by atoms with Crippen molar-refractivity contribution in [3.8, 4) is 0 Å². The molecule has 1 N–H and O–H groups in total. The third-order valence-electron chi connectivity index (χ3n) is 2.22. The lowest BCUT2D eigenvalue weighted by atomic mass is 10.1. The van der Waals surface area contributed by atoms with E-state index in [2.05, 4.69) is 24.1 Å². The highest BCUT2D eigenvalue weighted by Gasteiger charge is 2.06. The van der Waals surface area contributed by atoms with Gasteiger partial charge in [0, 0.05) is 12.7 Å². The van der Waals surface area contributed by atoms with Gasteiger partial charge in [-0.1, -0.05) is 13.8 Å². The number of amides is 1. The summed E-state index contributed by atoms with van der Waals surface area (Å²) in [5.74, 6) is 0.397. The number of carbonyl (C=O) groups is 1. The van der Waals surface area contributed by atoms with Crippen LogP contribution in [0.15, 0.2) is 17.3 Å². The molecule has 0 radical (unpaired) electrons. The van der Waals surface area contributed by atoms with Crippen molar-refractivity contribution in [2.75, 3.05) is 6.54 Å². The van der Waals surface area contributed by atoms with E-state index in [1.165, 1.54) is 17.1 Å². The van der Waals surface area contributed by atoms with Crippen molar-refractivity contribution in [1.29, 1.82) is 0 Å². The largest absolute Gasteiger partial charge is 0.355 e. The molecule has 1 aromatic heterocycles. The Labute approximate surface area is 114 Å². The van der Waals surface area contributed by atoms with Gasteiger partial charge in [-0.2, -0.15) is 0 Å². The van der Waals surface area contributed by atoms with Crippen LogP contribution in [0.5, 0.6) is 0 Å². The third-order valence-corrected chi connectivity index (χ3v) is 2.96. The maximum Gasteiger partial charge on any atom is 0.267 e. The first-order valence-corrected chi connectivity index (χ1v) is 6.55. The lowest BCUT2D eigenvalue weighted by molar-refractivity contribution is -0.121. The van der Waals surface area contributed by atoms with E-state index >= 15 is 0 Å².